The lowest BCUT2D eigenvalue weighted by Crippen LogP contribution is -1.87. The molecule has 1 aromatic carbocycles. The Morgan fingerprint density at radius 2 is 2.21 bits per heavy atom. The zero-order valence-electron chi connectivity index (χ0n) is 6.66. The molecule has 0 N–H and O–H groups in total. The van der Waals surface area contributed by atoms with E-state index in [2.05, 4.69) is 22.6 Å². The summed E-state index contributed by atoms with van der Waals surface area (Å²) in [6.45, 7) is 0. The number of fused-ring (bicyclic) bond motifs is 1. The van der Waals surface area contributed by atoms with Crippen LogP contribution in [0.4, 0.5) is 5.69 Å². The first kappa shape index (κ1) is 10.1. The predicted molar refractivity (Wildman–Crippen MR) is 66.2 cm³/mol. The van der Waals surface area contributed by atoms with E-state index < -0.39 is 0 Å². The third-order valence-electron chi connectivity index (χ3n) is 1.78. The maximum Gasteiger partial charge on any atom is 0.287 e. The smallest absolute Gasteiger partial charge is 0.258 e. The molecule has 0 spiro atoms. The van der Waals surface area contributed by atoms with Crippen LogP contribution in [0.2, 0.25) is 4.34 Å². The minimum Gasteiger partial charge on any atom is -0.258 e. The summed E-state index contributed by atoms with van der Waals surface area (Å²) in [6.07, 6.45) is 0. The van der Waals surface area contributed by atoms with Crippen molar-refractivity contribution in [1.82, 2.24) is 0 Å². The number of nitro groups is 1. The summed E-state index contributed by atoms with van der Waals surface area (Å²) in [5.74, 6) is 0. The van der Waals surface area contributed by atoms with E-state index in [0.717, 1.165) is 8.96 Å². The van der Waals surface area contributed by atoms with E-state index in [0.29, 0.717) is 9.04 Å². The Hall–Kier alpha value is -0.400. The molecule has 0 atom stereocenters. The zero-order chi connectivity index (χ0) is 10.3. The summed E-state index contributed by atoms with van der Waals surface area (Å²) in [5.41, 5.74) is 0.123. The number of thiophene rings is 1. The second-order valence-corrected chi connectivity index (χ2v) is 5.46. The van der Waals surface area contributed by atoms with Gasteiger partial charge in [0.05, 0.1) is 9.26 Å². The standard InChI is InChI=1S/C8H3ClINO2S/c9-7-3-4-5(10)1-2-6(11(12)13)8(4)14-7/h1-3H. The molecular weight excluding hydrogens is 337 g/mol. The topological polar surface area (TPSA) is 43.1 Å². The number of nitrogens with zero attached hydrogens (tertiary/aromatic N) is 1. The van der Waals surface area contributed by atoms with Crippen LogP contribution in [0, 0.1) is 13.7 Å². The van der Waals surface area contributed by atoms with Gasteiger partial charge in [0, 0.05) is 15.0 Å². The van der Waals surface area contributed by atoms with Crippen LogP contribution in [-0.4, -0.2) is 4.92 Å². The maximum absolute atomic E-state index is 10.7. The highest BCUT2D eigenvalue weighted by Gasteiger charge is 2.16. The molecular formula is C8H3ClINO2S. The van der Waals surface area contributed by atoms with Crippen molar-refractivity contribution in [2.24, 2.45) is 0 Å². The minimum atomic E-state index is -0.384. The molecule has 0 saturated heterocycles. The minimum absolute atomic E-state index is 0.123. The molecule has 72 valence electrons. The van der Waals surface area contributed by atoms with Crippen LogP contribution in [0.25, 0.3) is 10.1 Å². The number of halogens is 2. The van der Waals surface area contributed by atoms with Crippen molar-refractivity contribution in [3.63, 3.8) is 0 Å². The van der Waals surface area contributed by atoms with Crippen molar-refractivity contribution in [3.05, 3.63) is 36.2 Å². The summed E-state index contributed by atoms with van der Waals surface area (Å²) >= 11 is 9.20. The highest BCUT2D eigenvalue weighted by molar-refractivity contribution is 14.1. The molecule has 14 heavy (non-hydrogen) atoms. The van der Waals surface area contributed by atoms with Gasteiger partial charge in [0.1, 0.15) is 4.70 Å². The summed E-state index contributed by atoms with van der Waals surface area (Å²) in [4.78, 5) is 10.3. The molecule has 0 aliphatic carbocycles. The van der Waals surface area contributed by atoms with Crippen LogP contribution >= 0.6 is 45.5 Å². The van der Waals surface area contributed by atoms with E-state index in [4.69, 9.17) is 11.6 Å². The molecule has 0 fully saturated rings. The van der Waals surface area contributed by atoms with Gasteiger partial charge in [-0.05, 0) is 34.7 Å². The van der Waals surface area contributed by atoms with Crippen molar-refractivity contribution in [2.75, 3.05) is 0 Å². The van der Waals surface area contributed by atoms with E-state index in [-0.39, 0.29) is 10.6 Å². The summed E-state index contributed by atoms with van der Waals surface area (Å²) in [7, 11) is 0. The zero-order valence-corrected chi connectivity index (χ0v) is 10.4. The van der Waals surface area contributed by atoms with Crippen LogP contribution in [-0.2, 0) is 0 Å². The lowest BCUT2D eigenvalue weighted by molar-refractivity contribution is -0.382. The Morgan fingerprint density at radius 1 is 1.50 bits per heavy atom. The van der Waals surface area contributed by atoms with Crippen molar-refractivity contribution < 1.29 is 4.92 Å². The average molecular weight is 340 g/mol. The third-order valence-corrected chi connectivity index (χ3v) is 4.00. The van der Waals surface area contributed by atoms with Crippen LogP contribution in [0.5, 0.6) is 0 Å². The number of hydrogen-bond donors (Lipinski definition) is 0. The molecule has 0 amide bonds. The van der Waals surface area contributed by atoms with Crippen molar-refractivity contribution >= 4 is 61.3 Å². The van der Waals surface area contributed by atoms with Crippen LogP contribution in [0.1, 0.15) is 0 Å². The summed E-state index contributed by atoms with van der Waals surface area (Å²) in [5, 5.41) is 11.6. The molecule has 0 saturated carbocycles. The van der Waals surface area contributed by atoms with Crippen molar-refractivity contribution in [3.8, 4) is 0 Å². The van der Waals surface area contributed by atoms with E-state index in [1.807, 2.05) is 0 Å². The van der Waals surface area contributed by atoms with E-state index in [1.54, 1.807) is 12.1 Å². The van der Waals surface area contributed by atoms with E-state index in [9.17, 15) is 10.1 Å². The predicted octanol–water partition coefficient (Wildman–Crippen LogP) is 4.07. The Balaban J connectivity index is 2.87. The van der Waals surface area contributed by atoms with Gasteiger partial charge in [0.2, 0.25) is 0 Å². The van der Waals surface area contributed by atoms with Gasteiger partial charge in [0.25, 0.3) is 5.69 Å². The second-order valence-electron chi connectivity index (χ2n) is 2.62. The van der Waals surface area contributed by atoms with Crippen LogP contribution < -0.4 is 0 Å². The largest absolute Gasteiger partial charge is 0.287 e. The van der Waals surface area contributed by atoms with Gasteiger partial charge < -0.3 is 0 Å². The highest BCUT2D eigenvalue weighted by atomic mass is 127. The number of nitro benzene ring substituents is 1. The molecule has 0 unspecified atom stereocenters. The van der Waals surface area contributed by atoms with Gasteiger partial charge in [-0.15, -0.1) is 11.3 Å². The van der Waals surface area contributed by atoms with Gasteiger partial charge in [-0.2, -0.15) is 0 Å². The molecule has 0 radical (unpaired) electrons. The fourth-order valence-corrected chi connectivity index (χ4v) is 3.22. The molecule has 3 nitrogen and oxygen atoms in total. The van der Waals surface area contributed by atoms with Gasteiger partial charge in [-0.1, -0.05) is 11.6 Å². The molecule has 2 rings (SSSR count). The first-order valence-corrected chi connectivity index (χ1v) is 5.89. The van der Waals surface area contributed by atoms with Crippen LogP contribution in [0.3, 0.4) is 0 Å². The lowest BCUT2D eigenvalue weighted by atomic mass is 10.2. The van der Waals surface area contributed by atoms with E-state index in [1.165, 1.54) is 17.4 Å². The highest BCUT2D eigenvalue weighted by Crippen LogP contribution is 2.38. The average Bonchev–Trinajstić information content (AvgIpc) is 2.47. The quantitative estimate of drug-likeness (QED) is 0.446. The Kier molecular flexibility index (Phi) is 2.63. The van der Waals surface area contributed by atoms with Crippen molar-refractivity contribution in [1.29, 1.82) is 0 Å². The molecule has 0 aliphatic rings. The molecule has 1 heterocycles. The van der Waals surface area contributed by atoms with Gasteiger partial charge in [-0.25, -0.2) is 0 Å². The van der Waals surface area contributed by atoms with Crippen molar-refractivity contribution in [2.45, 2.75) is 0 Å². The normalized spacial score (nSPS) is 10.7. The lowest BCUT2D eigenvalue weighted by Gasteiger charge is -1.95. The van der Waals surface area contributed by atoms with Crippen LogP contribution in [0.15, 0.2) is 18.2 Å². The number of non-ortho nitro benzene ring substituents is 1. The summed E-state index contributed by atoms with van der Waals surface area (Å²) < 4.78 is 2.20. The molecule has 6 heteroatoms. The second kappa shape index (κ2) is 3.63. The third kappa shape index (κ3) is 1.59. The first-order chi connectivity index (χ1) is 6.59. The van der Waals surface area contributed by atoms with Gasteiger partial charge >= 0.3 is 0 Å². The molecule has 0 bridgehead atoms. The monoisotopic (exact) mass is 339 g/mol. The van der Waals surface area contributed by atoms with Gasteiger partial charge in [0.15, 0.2) is 0 Å². The fraction of sp³-hybridized carbons (Fsp3) is 0. The number of rotatable bonds is 1. The molecule has 1 aromatic heterocycles. The maximum atomic E-state index is 10.7. The molecule has 0 aliphatic heterocycles. The van der Waals surface area contributed by atoms with Gasteiger partial charge in [-0.3, -0.25) is 10.1 Å². The Labute approximate surface area is 102 Å². The number of benzene rings is 1. The number of hydrogen-bond acceptors (Lipinski definition) is 3. The Morgan fingerprint density at radius 3 is 2.86 bits per heavy atom. The molecule has 2 aromatic rings. The fourth-order valence-electron chi connectivity index (χ4n) is 1.19. The SMILES string of the molecule is O=[N+]([O-])c1ccc(I)c2cc(Cl)sc12. The Bertz CT molecular complexity index is 525. The first-order valence-electron chi connectivity index (χ1n) is 3.61. The van der Waals surface area contributed by atoms with E-state index >= 15 is 0 Å². The summed E-state index contributed by atoms with van der Waals surface area (Å²) in [6, 6.07) is 5.00.